The molecule has 0 aliphatic rings. The molecule has 0 amide bonds. The Morgan fingerprint density at radius 3 is 2.61 bits per heavy atom. The second kappa shape index (κ2) is 6.93. The SMILES string of the molecule is CCCC(C)(CNCC)Cc1ccn(C(C)C)n1. The van der Waals surface area contributed by atoms with Crippen LogP contribution >= 0.6 is 0 Å². The largest absolute Gasteiger partial charge is 0.316 e. The van der Waals surface area contributed by atoms with Crippen molar-refractivity contribution in [1.82, 2.24) is 15.1 Å². The number of nitrogens with one attached hydrogen (secondary N) is 1. The van der Waals surface area contributed by atoms with Gasteiger partial charge >= 0.3 is 0 Å². The highest BCUT2D eigenvalue weighted by molar-refractivity contribution is 5.03. The molecule has 0 fully saturated rings. The molecule has 0 saturated heterocycles. The molecule has 1 aromatic rings. The molecule has 0 aliphatic heterocycles. The molecule has 0 aliphatic carbocycles. The second-order valence-electron chi connectivity index (χ2n) is 5.90. The third-order valence-electron chi connectivity index (χ3n) is 3.46. The van der Waals surface area contributed by atoms with Crippen LogP contribution in [0.15, 0.2) is 12.3 Å². The number of nitrogens with zero attached hydrogens (tertiary/aromatic N) is 2. The zero-order valence-electron chi connectivity index (χ0n) is 12.7. The molecule has 1 unspecified atom stereocenters. The molecule has 1 N–H and O–H groups in total. The zero-order valence-corrected chi connectivity index (χ0v) is 12.7. The average Bonchev–Trinajstić information content (AvgIpc) is 2.75. The molecule has 3 heteroatoms. The highest BCUT2D eigenvalue weighted by Gasteiger charge is 2.24. The molecular weight excluding hydrogens is 222 g/mol. The Morgan fingerprint density at radius 2 is 2.11 bits per heavy atom. The van der Waals surface area contributed by atoms with Crippen LogP contribution in [-0.4, -0.2) is 22.9 Å². The summed E-state index contributed by atoms with van der Waals surface area (Å²) in [7, 11) is 0. The van der Waals surface area contributed by atoms with E-state index in [0.717, 1.165) is 19.5 Å². The first-order valence-corrected chi connectivity index (χ1v) is 7.25. The molecular formula is C15H29N3. The first kappa shape index (κ1) is 15.2. The Hall–Kier alpha value is -0.830. The Labute approximate surface area is 112 Å². The molecule has 3 nitrogen and oxygen atoms in total. The van der Waals surface area contributed by atoms with Gasteiger partial charge in [-0.2, -0.15) is 5.10 Å². The van der Waals surface area contributed by atoms with E-state index in [-0.39, 0.29) is 0 Å². The number of aromatic nitrogens is 2. The van der Waals surface area contributed by atoms with Gasteiger partial charge in [0.05, 0.1) is 5.69 Å². The molecule has 0 saturated carbocycles. The van der Waals surface area contributed by atoms with Gasteiger partial charge in [-0.05, 0) is 44.7 Å². The lowest BCUT2D eigenvalue weighted by molar-refractivity contribution is 0.274. The maximum Gasteiger partial charge on any atom is 0.0630 e. The lowest BCUT2D eigenvalue weighted by atomic mass is 9.81. The monoisotopic (exact) mass is 251 g/mol. The van der Waals surface area contributed by atoms with E-state index in [1.54, 1.807) is 0 Å². The Balaban J connectivity index is 2.69. The summed E-state index contributed by atoms with van der Waals surface area (Å²) in [5.74, 6) is 0. The van der Waals surface area contributed by atoms with Crippen molar-refractivity contribution in [2.45, 2.75) is 59.9 Å². The minimum Gasteiger partial charge on any atom is -0.316 e. The smallest absolute Gasteiger partial charge is 0.0630 e. The van der Waals surface area contributed by atoms with Crippen LogP contribution in [0.3, 0.4) is 0 Å². The van der Waals surface area contributed by atoms with Gasteiger partial charge in [0.2, 0.25) is 0 Å². The Morgan fingerprint density at radius 1 is 1.39 bits per heavy atom. The highest BCUT2D eigenvalue weighted by atomic mass is 15.3. The van der Waals surface area contributed by atoms with Gasteiger partial charge in [-0.15, -0.1) is 0 Å². The fourth-order valence-electron chi connectivity index (χ4n) is 2.47. The minimum absolute atomic E-state index is 0.320. The van der Waals surface area contributed by atoms with E-state index in [9.17, 15) is 0 Å². The Kier molecular flexibility index (Phi) is 5.86. The van der Waals surface area contributed by atoms with E-state index in [1.165, 1.54) is 18.5 Å². The van der Waals surface area contributed by atoms with Crippen molar-refractivity contribution < 1.29 is 0 Å². The fourth-order valence-corrected chi connectivity index (χ4v) is 2.47. The maximum atomic E-state index is 4.67. The van der Waals surface area contributed by atoms with Crippen molar-refractivity contribution in [2.75, 3.05) is 13.1 Å². The zero-order chi connectivity index (χ0) is 13.6. The van der Waals surface area contributed by atoms with Crippen LogP contribution in [0.4, 0.5) is 0 Å². The number of rotatable bonds is 8. The molecule has 0 bridgehead atoms. The van der Waals surface area contributed by atoms with Gasteiger partial charge in [0.1, 0.15) is 0 Å². The van der Waals surface area contributed by atoms with Crippen LogP contribution in [0.5, 0.6) is 0 Å². The normalized spacial score (nSPS) is 15.0. The average molecular weight is 251 g/mol. The van der Waals surface area contributed by atoms with Crippen molar-refractivity contribution in [3.63, 3.8) is 0 Å². The van der Waals surface area contributed by atoms with Gasteiger partial charge in [0, 0.05) is 18.8 Å². The predicted octanol–water partition coefficient (Wildman–Crippen LogP) is 3.42. The van der Waals surface area contributed by atoms with Gasteiger partial charge in [0.25, 0.3) is 0 Å². The van der Waals surface area contributed by atoms with Crippen molar-refractivity contribution in [3.8, 4) is 0 Å². The predicted molar refractivity (Wildman–Crippen MR) is 77.9 cm³/mol. The van der Waals surface area contributed by atoms with Crippen molar-refractivity contribution in [2.24, 2.45) is 5.41 Å². The molecule has 1 aromatic heterocycles. The third kappa shape index (κ3) is 4.45. The van der Waals surface area contributed by atoms with E-state index < -0.39 is 0 Å². The quantitative estimate of drug-likeness (QED) is 0.767. The van der Waals surface area contributed by atoms with Gasteiger partial charge < -0.3 is 5.32 Å². The topological polar surface area (TPSA) is 29.9 Å². The summed E-state index contributed by atoms with van der Waals surface area (Å²) in [4.78, 5) is 0. The standard InChI is InChI=1S/C15H29N3/c1-6-9-15(5,12-16-7-2)11-14-8-10-18(17-14)13(3)4/h8,10,13,16H,6-7,9,11-12H2,1-5H3. The second-order valence-corrected chi connectivity index (χ2v) is 5.90. The lowest BCUT2D eigenvalue weighted by Crippen LogP contribution is -2.33. The molecule has 1 atom stereocenters. The van der Waals surface area contributed by atoms with Gasteiger partial charge in [-0.1, -0.05) is 27.2 Å². The van der Waals surface area contributed by atoms with Crippen LogP contribution in [0.1, 0.15) is 59.2 Å². The molecule has 1 rings (SSSR count). The first-order valence-electron chi connectivity index (χ1n) is 7.25. The lowest BCUT2D eigenvalue weighted by Gasteiger charge is -2.29. The Bertz CT molecular complexity index is 343. The van der Waals surface area contributed by atoms with E-state index in [4.69, 9.17) is 0 Å². The fraction of sp³-hybridized carbons (Fsp3) is 0.800. The summed E-state index contributed by atoms with van der Waals surface area (Å²) in [5, 5.41) is 8.16. The van der Waals surface area contributed by atoms with Gasteiger partial charge in [0.15, 0.2) is 0 Å². The van der Waals surface area contributed by atoms with Crippen LogP contribution < -0.4 is 5.32 Å². The summed E-state index contributed by atoms with van der Waals surface area (Å²) >= 11 is 0. The molecule has 0 radical (unpaired) electrons. The van der Waals surface area contributed by atoms with Gasteiger partial charge in [-0.3, -0.25) is 4.68 Å². The molecule has 104 valence electrons. The first-order chi connectivity index (χ1) is 8.50. The van der Waals surface area contributed by atoms with Crippen LogP contribution in [-0.2, 0) is 6.42 Å². The molecule has 0 spiro atoms. The summed E-state index contributed by atoms with van der Waals surface area (Å²) in [5.41, 5.74) is 1.54. The van der Waals surface area contributed by atoms with E-state index in [1.807, 2.05) is 0 Å². The highest BCUT2D eigenvalue weighted by Crippen LogP contribution is 2.27. The molecule has 18 heavy (non-hydrogen) atoms. The maximum absolute atomic E-state index is 4.67. The van der Waals surface area contributed by atoms with Crippen LogP contribution in [0.2, 0.25) is 0 Å². The summed E-state index contributed by atoms with van der Waals surface area (Å²) in [6.07, 6.45) is 5.63. The van der Waals surface area contributed by atoms with Gasteiger partial charge in [-0.25, -0.2) is 0 Å². The van der Waals surface area contributed by atoms with Crippen molar-refractivity contribution in [3.05, 3.63) is 18.0 Å². The molecule has 1 heterocycles. The number of hydrogen-bond acceptors (Lipinski definition) is 2. The summed E-state index contributed by atoms with van der Waals surface area (Å²) in [6.45, 7) is 13.2. The van der Waals surface area contributed by atoms with Crippen molar-refractivity contribution >= 4 is 0 Å². The minimum atomic E-state index is 0.320. The van der Waals surface area contributed by atoms with Crippen molar-refractivity contribution in [1.29, 1.82) is 0 Å². The summed E-state index contributed by atoms with van der Waals surface area (Å²) in [6, 6.07) is 2.62. The number of hydrogen-bond donors (Lipinski definition) is 1. The third-order valence-corrected chi connectivity index (χ3v) is 3.46. The molecule has 0 aromatic carbocycles. The summed E-state index contributed by atoms with van der Waals surface area (Å²) < 4.78 is 2.05. The van der Waals surface area contributed by atoms with E-state index in [2.05, 4.69) is 62.0 Å². The van der Waals surface area contributed by atoms with E-state index >= 15 is 0 Å². The van der Waals surface area contributed by atoms with Crippen LogP contribution in [0.25, 0.3) is 0 Å². The van der Waals surface area contributed by atoms with Crippen LogP contribution in [0, 0.1) is 5.41 Å². The van der Waals surface area contributed by atoms with E-state index in [0.29, 0.717) is 11.5 Å².